The maximum atomic E-state index is 12.3. The van der Waals surface area contributed by atoms with Crippen LogP contribution < -0.4 is 5.32 Å². The summed E-state index contributed by atoms with van der Waals surface area (Å²) in [6, 6.07) is 16.8. The van der Waals surface area contributed by atoms with Crippen LogP contribution in [0, 0.1) is 0 Å². The second-order valence-electron chi connectivity index (χ2n) is 6.39. The standard InChI is InChI=1S/C21H23N3O2S/c1-16(25)17-9-11-19(12-10-17)22-20(26)15-27-21(24-13-5-6-14-24)23-18-7-3-2-4-8-18/h2-4,7-12H,5-6,13-15H2,1H3,(H,22,26). The number of para-hydroxylation sites is 1. The zero-order chi connectivity index (χ0) is 19.1. The smallest absolute Gasteiger partial charge is 0.234 e. The van der Waals surface area contributed by atoms with Gasteiger partial charge in [0.1, 0.15) is 0 Å². The van der Waals surface area contributed by atoms with E-state index in [0.717, 1.165) is 36.8 Å². The summed E-state index contributed by atoms with van der Waals surface area (Å²) < 4.78 is 0. The average molecular weight is 382 g/mol. The number of carbonyl (C=O) groups excluding carboxylic acids is 2. The maximum Gasteiger partial charge on any atom is 0.234 e. The molecule has 3 rings (SSSR count). The molecule has 0 spiro atoms. The van der Waals surface area contributed by atoms with Gasteiger partial charge in [0.15, 0.2) is 11.0 Å². The summed E-state index contributed by atoms with van der Waals surface area (Å²) in [4.78, 5) is 30.6. The monoisotopic (exact) mass is 381 g/mol. The largest absolute Gasteiger partial charge is 0.351 e. The van der Waals surface area contributed by atoms with Crippen molar-refractivity contribution in [2.24, 2.45) is 4.99 Å². The summed E-state index contributed by atoms with van der Waals surface area (Å²) >= 11 is 1.46. The molecular formula is C21H23N3O2S. The lowest BCUT2D eigenvalue weighted by molar-refractivity contribution is -0.113. The molecule has 1 heterocycles. The van der Waals surface area contributed by atoms with Crippen LogP contribution in [0.1, 0.15) is 30.1 Å². The molecular weight excluding hydrogens is 358 g/mol. The Labute approximate surface area is 163 Å². The highest BCUT2D eigenvalue weighted by atomic mass is 32.2. The van der Waals surface area contributed by atoms with Gasteiger partial charge in [-0.1, -0.05) is 30.0 Å². The van der Waals surface area contributed by atoms with Crippen molar-refractivity contribution >= 4 is 40.0 Å². The van der Waals surface area contributed by atoms with Crippen LogP contribution in [-0.2, 0) is 4.79 Å². The third-order valence-corrected chi connectivity index (χ3v) is 5.28. The lowest BCUT2D eigenvalue weighted by Gasteiger charge is -2.19. The molecule has 1 fully saturated rings. The maximum absolute atomic E-state index is 12.3. The fraction of sp³-hybridized carbons (Fsp3) is 0.286. The predicted octanol–water partition coefficient (Wildman–Crippen LogP) is 4.34. The average Bonchev–Trinajstić information content (AvgIpc) is 3.21. The molecule has 6 heteroatoms. The fourth-order valence-corrected chi connectivity index (χ4v) is 3.70. The Balaban J connectivity index is 1.61. The van der Waals surface area contributed by atoms with Crippen molar-refractivity contribution in [3.05, 3.63) is 60.2 Å². The molecule has 1 saturated heterocycles. The number of amidine groups is 1. The first-order valence-corrected chi connectivity index (χ1v) is 10.0. The molecule has 0 unspecified atom stereocenters. The van der Waals surface area contributed by atoms with Gasteiger partial charge in [-0.3, -0.25) is 9.59 Å². The minimum Gasteiger partial charge on any atom is -0.351 e. The van der Waals surface area contributed by atoms with E-state index in [9.17, 15) is 9.59 Å². The number of amides is 1. The van der Waals surface area contributed by atoms with Gasteiger partial charge in [-0.25, -0.2) is 4.99 Å². The molecule has 1 aliphatic rings. The first-order chi connectivity index (χ1) is 13.1. The summed E-state index contributed by atoms with van der Waals surface area (Å²) in [5.41, 5.74) is 2.22. The number of nitrogens with one attached hydrogen (secondary N) is 1. The van der Waals surface area contributed by atoms with E-state index in [-0.39, 0.29) is 17.4 Å². The lowest BCUT2D eigenvalue weighted by atomic mass is 10.1. The molecule has 0 radical (unpaired) electrons. The van der Waals surface area contributed by atoms with Gasteiger partial charge < -0.3 is 10.2 Å². The SMILES string of the molecule is CC(=O)c1ccc(NC(=O)CSC(=Nc2ccccc2)N2CCCC2)cc1. The molecule has 1 N–H and O–H groups in total. The van der Waals surface area contributed by atoms with E-state index in [1.165, 1.54) is 18.7 Å². The number of nitrogens with zero attached hydrogens (tertiary/aromatic N) is 2. The molecule has 2 aromatic rings. The summed E-state index contributed by atoms with van der Waals surface area (Å²) in [5, 5.41) is 3.76. The van der Waals surface area contributed by atoms with Crippen molar-refractivity contribution in [3.63, 3.8) is 0 Å². The number of rotatable bonds is 5. The topological polar surface area (TPSA) is 61.8 Å². The molecule has 0 atom stereocenters. The van der Waals surface area contributed by atoms with Crippen LogP contribution in [-0.4, -0.2) is 40.6 Å². The van der Waals surface area contributed by atoms with E-state index in [2.05, 4.69) is 10.2 Å². The van der Waals surface area contributed by atoms with Crippen molar-refractivity contribution in [2.75, 3.05) is 24.2 Å². The number of hydrogen-bond acceptors (Lipinski definition) is 4. The van der Waals surface area contributed by atoms with E-state index >= 15 is 0 Å². The van der Waals surface area contributed by atoms with Crippen molar-refractivity contribution < 1.29 is 9.59 Å². The molecule has 1 aliphatic heterocycles. The van der Waals surface area contributed by atoms with E-state index < -0.39 is 0 Å². The van der Waals surface area contributed by atoms with Gasteiger partial charge in [-0.15, -0.1) is 0 Å². The number of carbonyl (C=O) groups is 2. The molecule has 0 aliphatic carbocycles. The Morgan fingerprint density at radius 1 is 1.04 bits per heavy atom. The highest BCUT2D eigenvalue weighted by molar-refractivity contribution is 8.14. The van der Waals surface area contributed by atoms with Crippen LogP contribution in [0.4, 0.5) is 11.4 Å². The number of hydrogen-bond donors (Lipinski definition) is 1. The van der Waals surface area contributed by atoms with Crippen LogP contribution in [0.5, 0.6) is 0 Å². The highest BCUT2D eigenvalue weighted by Gasteiger charge is 2.18. The first kappa shape index (κ1) is 19.2. The van der Waals surface area contributed by atoms with Crippen molar-refractivity contribution in [1.29, 1.82) is 0 Å². The molecule has 1 amide bonds. The number of Topliss-reactive ketones (excluding diaryl/α,β-unsaturated/α-hetero) is 1. The Hall–Kier alpha value is -2.60. The molecule has 5 nitrogen and oxygen atoms in total. The molecule has 27 heavy (non-hydrogen) atoms. The van der Waals surface area contributed by atoms with E-state index in [4.69, 9.17) is 4.99 Å². The molecule has 0 saturated carbocycles. The van der Waals surface area contributed by atoms with Gasteiger partial charge in [-0.2, -0.15) is 0 Å². The van der Waals surface area contributed by atoms with Gasteiger partial charge in [-0.05, 0) is 56.2 Å². The zero-order valence-corrected chi connectivity index (χ0v) is 16.2. The third-order valence-electron chi connectivity index (χ3n) is 4.27. The second kappa shape index (κ2) is 9.37. The fourth-order valence-electron chi connectivity index (χ4n) is 2.83. The zero-order valence-electron chi connectivity index (χ0n) is 15.4. The molecule has 140 valence electrons. The number of thioether (sulfide) groups is 1. The van der Waals surface area contributed by atoms with E-state index in [1.807, 2.05) is 30.3 Å². The van der Waals surface area contributed by atoms with Crippen LogP contribution in [0.25, 0.3) is 0 Å². The van der Waals surface area contributed by atoms with Gasteiger partial charge in [0.2, 0.25) is 5.91 Å². The minimum atomic E-state index is -0.0875. The number of likely N-dealkylation sites (tertiary alicyclic amines) is 1. The van der Waals surface area contributed by atoms with Crippen LogP contribution in [0.3, 0.4) is 0 Å². The number of benzene rings is 2. The molecule has 0 aromatic heterocycles. The van der Waals surface area contributed by atoms with Gasteiger partial charge in [0, 0.05) is 24.3 Å². The van der Waals surface area contributed by atoms with E-state index in [1.54, 1.807) is 24.3 Å². The van der Waals surface area contributed by atoms with Gasteiger partial charge in [0.25, 0.3) is 0 Å². The Kier molecular flexibility index (Phi) is 6.65. The summed E-state index contributed by atoms with van der Waals surface area (Å²) in [6.45, 7) is 3.48. The molecule has 0 bridgehead atoms. The van der Waals surface area contributed by atoms with Crippen LogP contribution in [0.2, 0.25) is 0 Å². The van der Waals surface area contributed by atoms with Crippen molar-refractivity contribution in [2.45, 2.75) is 19.8 Å². The van der Waals surface area contributed by atoms with Crippen molar-refractivity contribution in [1.82, 2.24) is 4.90 Å². The Bertz CT molecular complexity index is 813. The van der Waals surface area contributed by atoms with Gasteiger partial charge >= 0.3 is 0 Å². The number of ketones is 1. The lowest BCUT2D eigenvalue weighted by Crippen LogP contribution is -2.27. The predicted molar refractivity (Wildman–Crippen MR) is 112 cm³/mol. The van der Waals surface area contributed by atoms with Crippen LogP contribution >= 0.6 is 11.8 Å². The van der Waals surface area contributed by atoms with Crippen molar-refractivity contribution in [3.8, 4) is 0 Å². The number of anilines is 1. The highest BCUT2D eigenvalue weighted by Crippen LogP contribution is 2.21. The quantitative estimate of drug-likeness (QED) is 0.475. The summed E-state index contributed by atoms with van der Waals surface area (Å²) in [6.07, 6.45) is 2.31. The Morgan fingerprint density at radius 2 is 1.70 bits per heavy atom. The first-order valence-electron chi connectivity index (χ1n) is 9.04. The number of aliphatic imine (C=N–C) groups is 1. The Morgan fingerprint density at radius 3 is 2.33 bits per heavy atom. The summed E-state index contributed by atoms with van der Waals surface area (Å²) in [5.74, 6) is 0.211. The minimum absolute atomic E-state index is 0.0100. The second-order valence-corrected chi connectivity index (χ2v) is 7.34. The molecule has 2 aromatic carbocycles. The normalized spacial score (nSPS) is 14.3. The van der Waals surface area contributed by atoms with Gasteiger partial charge in [0.05, 0.1) is 11.4 Å². The summed E-state index contributed by atoms with van der Waals surface area (Å²) in [7, 11) is 0. The van der Waals surface area contributed by atoms with Crippen LogP contribution in [0.15, 0.2) is 59.6 Å². The third kappa shape index (κ3) is 5.69. The van der Waals surface area contributed by atoms with E-state index in [0.29, 0.717) is 11.3 Å².